The van der Waals surface area contributed by atoms with E-state index in [9.17, 15) is 4.79 Å². The average Bonchev–Trinajstić information content (AvgIpc) is 3.31. The lowest BCUT2D eigenvalue weighted by molar-refractivity contribution is 0.102. The van der Waals surface area contributed by atoms with E-state index < -0.39 is 0 Å². The molecule has 2 heterocycles. The predicted molar refractivity (Wildman–Crippen MR) is 130 cm³/mol. The van der Waals surface area contributed by atoms with Crippen LogP contribution >= 0.6 is 11.3 Å². The van der Waals surface area contributed by atoms with Crippen molar-refractivity contribution in [1.29, 1.82) is 0 Å². The minimum atomic E-state index is -0.218. The third-order valence-corrected chi connectivity index (χ3v) is 6.22. The van der Waals surface area contributed by atoms with Crippen molar-refractivity contribution in [3.05, 3.63) is 95.5 Å². The number of fused-ring (bicyclic) bond motifs is 1. The molecule has 0 saturated heterocycles. The van der Waals surface area contributed by atoms with Crippen molar-refractivity contribution in [1.82, 2.24) is 15.2 Å². The number of nitrogens with zero attached hydrogens (tertiary/aromatic N) is 3. The Kier molecular flexibility index (Phi) is 5.44. The van der Waals surface area contributed by atoms with Crippen molar-refractivity contribution in [2.75, 3.05) is 5.32 Å². The monoisotopic (exact) mass is 436 g/mol. The fourth-order valence-electron chi connectivity index (χ4n) is 3.59. The van der Waals surface area contributed by atoms with Gasteiger partial charge >= 0.3 is 0 Å². The minimum Gasteiger partial charge on any atom is -0.296 e. The predicted octanol–water partition coefficient (Wildman–Crippen LogP) is 6.24. The highest BCUT2D eigenvalue weighted by Gasteiger charge is 2.16. The maximum Gasteiger partial charge on any atom is 0.258 e. The van der Waals surface area contributed by atoms with Gasteiger partial charge in [-0.05, 0) is 29.7 Å². The number of anilines is 1. The molecule has 32 heavy (non-hydrogen) atoms. The van der Waals surface area contributed by atoms with Crippen LogP contribution in [0, 0.1) is 0 Å². The molecule has 1 N–H and O–H groups in total. The summed E-state index contributed by atoms with van der Waals surface area (Å²) in [5.41, 5.74) is 5.33. The van der Waals surface area contributed by atoms with Gasteiger partial charge in [-0.25, -0.2) is 4.98 Å². The Morgan fingerprint density at radius 1 is 0.844 bits per heavy atom. The van der Waals surface area contributed by atoms with E-state index in [0.717, 1.165) is 44.7 Å². The molecule has 5 rings (SSSR count). The molecule has 0 atom stereocenters. The van der Waals surface area contributed by atoms with Gasteiger partial charge in [0.15, 0.2) is 0 Å². The summed E-state index contributed by atoms with van der Waals surface area (Å²) in [7, 11) is 0. The highest BCUT2D eigenvalue weighted by Crippen LogP contribution is 2.28. The van der Waals surface area contributed by atoms with Crippen LogP contribution in [0.25, 0.3) is 33.3 Å². The maximum absolute atomic E-state index is 13.1. The maximum atomic E-state index is 13.1. The molecule has 0 spiro atoms. The molecule has 0 radical (unpaired) electrons. The highest BCUT2D eigenvalue weighted by molar-refractivity contribution is 7.15. The van der Waals surface area contributed by atoms with Gasteiger partial charge in [-0.3, -0.25) is 10.1 Å². The van der Waals surface area contributed by atoms with Crippen LogP contribution in [0.5, 0.6) is 0 Å². The number of rotatable bonds is 5. The molecule has 3 aromatic carbocycles. The first-order chi connectivity index (χ1) is 15.7. The van der Waals surface area contributed by atoms with Crippen LogP contribution in [0.3, 0.4) is 0 Å². The fourth-order valence-corrected chi connectivity index (χ4v) is 4.26. The molecule has 0 fully saturated rings. The van der Waals surface area contributed by atoms with Gasteiger partial charge in [0.25, 0.3) is 5.91 Å². The second-order valence-corrected chi connectivity index (χ2v) is 8.39. The van der Waals surface area contributed by atoms with Crippen molar-refractivity contribution < 1.29 is 4.79 Å². The van der Waals surface area contributed by atoms with Crippen molar-refractivity contribution in [2.24, 2.45) is 0 Å². The Balaban J connectivity index is 1.52. The second-order valence-electron chi connectivity index (χ2n) is 7.32. The lowest BCUT2D eigenvalue weighted by Gasteiger charge is -2.10. The van der Waals surface area contributed by atoms with Crippen LogP contribution in [0.15, 0.2) is 84.9 Å². The molecule has 0 unspecified atom stereocenters. The van der Waals surface area contributed by atoms with Gasteiger partial charge in [0.2, 0.25) is 5.13 Å². The van der Waals surface area contributed by atoms with Gasteiger partial charge in [0, 0.05) is 10.9 Å². The number of benzene rings is 3. The van der Waals surface area contributed by atoms with Gasteiger partial charge in [0.05, 0.1) is 16.8 Å². The molecule has 5 nitrogen and oxygen atoms in total. The lowest BCUT2D eigenvalue weighted by atomic mass is 10.0. The van der Waals surface area contributed by atoms with Crippen LogP contribution in [0.1, 0.15) is 22.3 Å². The first-order valence-electron chi connectivity index (χ1n) is 10.4. The lowest BCUT2D eigenvalue weighted by Crippen LogP contribution is -2.13. The minimum absolute atomic E-state index is 0.218. The van der Waals surface area contributed by atoms with Crippen LogP contribution in [-0.2, 0) is 6.42 Å². The van der Waals surface area contributed by atoms with E-state index in [1.165, 1.54) is 11.3 Å². The summed E-state index contributed by atoms with van der Waals surface area (Å²) in [5.74, 6) is -0.218. The number of hydrogen-bond acceptors (Lipinski definition) is 5. The van der Waals surface area contributed by atoms with Crippen LogP contribution < -0.4 is 5.32 Å². The number of aromatic nitrogens is 3. The second kappa shape index (κ2) is 8.69. The standard InChI is InChI=1S/C26H20N4OS/c1-2-24-29-30-26(32-24)28-25(31)21-16-23(27-22-11-7-6-10-20(21)22)19-14-12-18(13-15-19)17-8-4-3-5-9-17/h3-16H,2H2,1H3,(H,28,30,31). The van der Waals surface area contributed by atoms with Gasteiger partial charge in [-0.15, -0.1) is 10.2 Å². The smallest absolute Gasteiger partial charge is 0.258 e. The molecule has 6 heteroatoms. The Hall–Kier alpha value is -3.90. The quantitative estimate of drug-likeness (QED) is 0.354. The van der Waals surface area contributed by atoms with E-state index in [1.807, 2.05) is 67.6 Å². The van der Waals surface area contributed by atoms with Crippen molar-refractivity contribution in [3.8, 4) is 22.4 Å². The zero-order chi connectivity index (χ0) is 21.9. The number of carbonyl (C=O) groups excluding carboxylic acids is 1. The molecule has 0 bridgehead atoms. The van der Waals surface area contributed by atoms with Gasteiger partial charge in [-0.2, -0.15) is 0 Å². The summed E-state index contributed by atoms with van der Waals surface area (Å²) in [4.78, 5) is 18.0. The largest absolute Gasteiger partial charge is 0.296 e. The summed E-state index contributed by atoms with van der Waals surface area (Å²) in [6.07, 6.45) is 0.787. The summed E-state index contributed by atoms with van der Waals surface area (Å²) >= 11 is 1.39. The molecular weight excluding hydrogens is 416 g/mol. The van der Waals surface area contributed by atoms with Gasteiger partial charge in [-0.1, -0.05) is 91.1 Å². The van der Waals surface area contributed by atoms with E-state index in [2.05, 4.69) is 39.8 Å². The van der Waals surface area contributed by atoms with Crippen molar-refractivity contribution in [2.45, 2.75) is 13.3 Å². The third kappa shape index (κ3) is 4.00. The normalized spacial score (nSPS) is 10.9. The van der Waals surface area contributed by atoms with Crippen LogP contribution in [0.4, 0.5) is 5.13 Å². The first kappa shape index (κ1) is 20.0. The van der Waals surface area contributed by atoms with Crippen molar-refractivity contribution in [3.63, 3.8) is 0 Å². The third-order valence-electron chi connectivity index (χ3n) is 5.24. The molecule has 1 amide bonds. The Bertz CT molecular complexity index is 1390. The SMILES string of the molecule is CCc1nnc(NC(=O)c2cc(-c3ccc(-c4ccccc4)cc3)nc3ccccc23)s1. The molecule has 5 aromatic rings. The molecule has 0 aliphatic carbocycles. The molecule has 2 aromatic heterocycles. The molecule has 156 valence electrons. The summed E-state index contributed by atoms with van der Waals surface area (Å²) in [5, 5.41) is 13.2. The van der Waals surface area contributed by atoms with E-state index in [4.69, 9.17) is 4.98 Å². The average molecular weight is 437 g/mol. The zero-order valence-electron chi connectivity index (χ0n) is 17.4. The van der Waals surface area contributed by atoms with Crippen LogP contribution in [-0.4, -0.2) is 21.1 Å². The first-order valence-corrected chi connectivity index (χ1v) is 11.2. The topological polar surface area (TPSA) is 67.8 Å². The molecule has 0 aliphatic rings. The fraction of sp³-hybridized carbons (Fsp3) is 0.0769. The van der Waals surface area contributed by atoms with E-state index in [0.29, 0.717) is 10.7 Å². The van der Waals surface area contributed by atoms with E-state index >= 15 is 0 Å². The summed E-state index contributed by atoms with van der Waals surface area (Å²) < 4.78 is 0. The van der Waals surface area contributed by atoms with Gasteiger partial charge in [0.1, 0.15) is 5.01 Å². The Morgan fingerprint density at radius 2 is 1.53 bits per heavy atom. The van der Waals surface area contributed by atoms with Crippen LogP contribution in [0.2, 0.25) is 0 Å². The number of nitrogens with one attached hydrogen (secondary N) is 1. The summed E-state index contributed by atoms with van der Waals surface area (Å²) in [6.45, 7) is 2.01. The highest BCUT2D eigenvalue weighted by atomic mass is 32.1. The Morgan fingerprint density at radius 3 is 2.28 bits per heavy atom. The number of hydrogen-bond donors (Lipinski definition) is 1. The molecular formula is C26H20N4OS. The summed E-state index contributed by atoms with van der Waals surface area (Å²) in [6, 6.07) is 28.0. The van der Waals surface area contributed by atoms with Crippen molar-refractivity contribution >= 4 is 33.3 Å². The van der Waals surface area contributed by atoms with E-state index in [1.54, 1.807) is 0 Å². The van der Waals surface area contributed by atoms with Gasteiger partial charge < -0.3 is 0 Å². The molecule has 0 aliphatic heterocycles. The molecule has 0 saturated carbocycles. The van der Waals surface area contributed by atoms with E-state index in [-0.39, 0.29) is 5.91 Å². The zero-order valence-corrected chi connectivity index (χ0v) is 18.3. The Labute approximate surface area is 189 Å². The number of pyridine rings is 1. The number of aryl methyl sites for hydroxylation is 1. The number of carbonyl (C=O) groups is 1. The number of para-hydroxylation sites is 1. The number of amides is 1.